The summed E-state index contributed by atoms with van der Waals surface area (Å²) < 4.78 is 8.98. The van der Waals surface area contributed by atoms with Gasteiger partial charge in [-0.15, -0.1) is 0 Å². The highest BCUT2D eigenvalue weighted by atomic mass is 16.5. The zero-order valence-electron chi connectivity index (χ0n) is 11.6. The Morgan fingerprint density at radius 1 is 1.17 bits per heavy atom. The SMILES string of the molecule is CCC(C)(C)NC=CC=C(C(=O)OC)C(=O)OC. The fourth-order valence-corrected chi connectivity index (χ4v) is 0.959. The molecule has 1 N–H and O–H groups in total. The van der Waals surface area contributed by atoms with E-state index in [-0.39, 0.29) is 11.1 Å². The van der Waals surface area contributed by atoms with Gasteiger partial charge in [-0.05, 0) is 38.6 Å². The molecule has 0 fully saturated rings. The number of rotatable bonds is 6. The van der Waals surface area contributed by atoms with Crippen LogP contribution in [0.25, 0.3) is 0 Å². The predicted molar refractivity (Wildman–Crippen MR) is 68.8 cm³/mol. The minimum Gasteiger partial charge on any atom is -0.465 e. The Morgan fingerprint density at radius 2 is 1.67 bits per heavy atom. The van der Waals surface area contributed by atoms with E-state index in [0.717, 1.165) is 6.42 Å². The number of methoxy groups -OCH3 is 2. The first-order valence-electron chi connectivity index (χ1n) is 5.69. The maximum absolute atomic E-state index is 11.3. The monoisotopic (exact) mass is 255 g/mol. The molecule has 0 unspecified atom stereocenters. The third-order valence-electron chi connectivity index (χ3n) is 2.53. The number of allylic oxidation sites excluding steroid dienone is 2. The van der Waals surface area contributed by atoms with Crippen LogP contribution in [-0.2, 0) is 19.1 Å². The Bertz CT molecular complexity index is 338. The highest BCUT2D eigenvalue weighted by Crippen LogP contribution is 2.06. The van der Waals surface area contributed by atoms with Crippen molar-refractivity contribution in [1.29, 1.82) is 0 Å². The molecule has 0 saturated carbocycles. The van der Waals surface area contributed by atoms with E-state index in [9.17, 15) is 9.59 Å². The number of esters is 2. The molecule has 0 aromatic heterocycles. The Labute approximate surface area is 108 Å². The summed E-state index contributed by atoms with van der Waals surface area (Å²) in [6.07, 6.45) is 5.55. The van der Waals surface area contributed by atoms with Crippen LogP contribution in [0.15, 0.2) is 23.9 Å². The molecule has 0 aliphatic rings. The third kappa shape index (κ3) is 5.52. The van der Waals surface area contributed by atoms with Gasteiger partial charge in [0.25, 0.3) is 0 Å². The summed E-state index contributed by atoms with van der Waals surface area (Å²) in [6, 6.07) is 0. The first kappa shape index (κ1) is 16.2. The quantitative estimate of drug-likeness (QED) is 0.256. The van der Waals surface area contributed by atoms with E-state index < -0.39 is 11.9 Å². The molecule has 0 atom stereocenters. The van der Waals surface area contributed by atoms with Gasteiger partial charge in [-0.3, -0.25) is 0 Å². The Morgan fingerprint density at radius 3 is 2.06 bits per heavy atom. The molecule has 0 rings (SSSR count). The van der Waals surface area contributed by atoms with Crippen LogP contribution in [0, 0.1) is 0 Å². The van der Waals surface area contributed by atoms with Gasteiger partial charge < -0.3 is 14.8 Å². The van der Waals surface area contributed by atoms with Gasteiger partial charge in [0, 0.05) is 5.54 Å². The number of carbonyl (C=O) groups excluding carboxylic acids is 2. The summed E-state index contributed by atoms with van der Waals surface area (Å²) in [6.45, 7) is 6.15. The fourth-order valence-electron chi connectivity index (χ4n) is 0.959. The van der Waals surface area contributed by atoms with Crippen molar-refractivity contribution in [2.45, 2.75) is 32.7 Å². The lowest BCUT2D eigenvalue weighted by Gasteiger charge is -2.22. The summed E-state index contributed by atoms with van der Waals surface area (Å²) in [5, 5.41) is 3.15. The van der Waals surface area contributed by atoms with Crippen LogP contribution in [0.5, 0.6) is 0 Å². The number of nitrogens with one attached hydrogen (secondary N) is 1. The lowest BCUT2D eigenvalue weighted by atomic mass is 10.0. The molecule has 0 amide bonds. The summed E-state index contributed by atoms with van der Waals surface area (Å²) in [4.78, 5) is 22.6. The van der Waals surface area contributed by atoms with Gasteiger partial charge in [-0.25, -0.2) is 9.59 Å². The third-order valence-corrected chi connectivity index (χ3v) is 2.53. The average molecular weight is 255 g/mol. The lowest BCUT2D eigenvalue weighted by Crippen LogP contribution is -2.34. The molecule has 0 aliphatic carbocycles. The minimum absolute atomic E-state index is 0.0406. The zero-order valence-corrected chi connectivity index (χ0v) is 11.6. The van der Waals surface area contributed by atoms with Gasteiger partial charge in [0.1, 0.15) is 5.57 Å². The summed E-state index contributed by atoms with van der Waals surface area (Å²) in [5.41, 5.74) is -0.187. The van der Waals surface area contributed by atoms with Crippen molar-refractivity contribution in [1.82, 2.24) is 5.32 Å². The Hall–Kier alpha value is -1.78. The van der Waals surface area contributed by atoms with E-state index >= 15 is 0 Å². The number of carbonyl (C=O) groups is 2. The maximum atomic E-state index is 11.3. The number of ether oxygens (including phenoxy) is 2. The second-order valence-electron chi connectivity index (χ2n) is 4.30. The summed E-state index contributed by atoms with van der Waals surface area (Å²) in [7, 11) is 2.42. The molecule has 0 aromatic rings. The van der Waals surface area contributed by atoms with E-state index in [0.29, 0.717) is 0 Å². The van der Waals surface area contributed by atoms with Crippen molar-refractivity contribution in [3.05, 3.63) is 23.9 Å². The smallest absolute Gasteiger partial charge is 0.345 e. The van der Waals surface area contributed by atoms with Gasteiger partial charge >= 0.3 is 11.9 Å². The summed E-state index contributed by atoms with van der Waals surface area (Å²) >= 11 is 0. The summed E-state index contributed by atoms with van der Waals surface area (Å²) in [5.74, 6) is -1.44. The normalized spacial score (nSPS) is 10.9. The van der Waals surface area contributed by atoms with Crippen molar-refractivity contribution >= 4 is 11.9 Å². The van der Waals surface area contributed by atoms with Crippen LogP contribution >= 0.6 is 0 Å². The van der Waals surface area contributed by atoms with Crippen molar-refractivity contribution in [2.24, 2.45) is 0 Å². The molecule has 0 heterocycles. The fraction of sp³-hybridized carbons (Fsp3) is 0.538. The van der Waals surface area contributed by atoms with Crippen LogP contribution < -0.4 is 5.32 Å². The maximum Gasteiger partial charge on any atom is 0.345 e. The molecule has 0 aliphatic heterocycles. The van der Waals surface area contributed by atoms with E-state index in [4.69, 9.17) is 0 Å². The molecule has 0 aromatic carbocycles. The molecule has 18 heavy (non-hydrogen) atoms. The topological polar surface area (TPSA) is 64.6 Å². The molecule has 102 valence electrons. The van der Waals surface area contributed by atoms with Crippen LogP contribution in [-0.4, -0.2) is 31.7 Å². The first-order chi connectivity index (χ1) is 8.37. The highest BCUT2D eigenvalue weighted by Gasteiger charge is 2.18. The molecule has 5 heteroatoms. The van der Waals surface area contributed by atoms with Crippen LogP contribution in [0.3, 0.4) is 0 Å². The standard InChI is InChI=1S/C13H21NO4/c1-6-13(2,3)14-9-7-8-10(11(15)17-4)12(16)18-5/h7-9,14H,6H2,1-5H3. The number of hydrogen-bond acceptors (Lipinski definition) is 5. The van der Waals surface area contributed by atoms with Crippen LogP contribution in [0.2, 0.25) is 0 Å². The van der Waals surface area contributed by atoms with Gasteiger partial charge in [-0.2, -0.15) is 0 Å². The largest absolute Gasteiger partial charge is 0.465 e. The predicted octanol–water partition coefficient (Wildman–Crippen LogP) is 1.55. The Kier molecular flexibility index (Phi) is 6.78. The highest BCUT2D eigenvalue weighted by molar-refractivity contribution is 6.14. The molecule has 0 spiro atoms. The van der Waals surface area contributed by atoms with E-state index in [1.165, 1.54) is 20.3 Å². The molecule has 0 bridgehead atoms. The Balaban J connectivity index is 4.74. The second kappa shape index (κ2) is 7.53. The zero-order chi connectivity index (χ0) is 14.2. The number of hydrogen-bond donors (Lipinski definition) is 1. The molecular weight excluding hydrogens is 234 g/mol. The second-order valence-corrected chi connectivity index (χ2v) is 4.30. The van der Waals surface area contributed by atoms with Crippen molar-refractivity contribution in [3.8, 4) is 0 Å². The average Bonchev–Trinajstić information content (AvgIpc) is 2.37. The van der Waals surface area contributed by atoms with Crippen molar-refractivity contribution in [2.75, 3.05) is 14.2 Å². The molecule has 0 radical (unpaired) electrons. The van der Waals surface area contributed by atoms with Gasteiger partial charge in [0.15, 0.2) is 0 Å². The minimum atomic E-state index is -0.721. The van der Waals surface area contributed by atoms with Gasteiger partial charge in [-0.1, -0.05) is 6.92 Å². The van der Waals surface area contributed by atoms with Crippen molar-refractivity contribution in [3.63, 3.8) is 0 Å². The molecular formula is C13H21NO4. The van der Waals surface area contributed by atoms with Crippen LogP contribution in [0.4, 0.5) is 0 Å². The van der Waals surface area contributed by atoms with E-state index in [1.54, 1.807) is 12.3 Å². The lowest BCUT2D eigenvalue weighted by molar-refractivity contribution is -0.144. The first-order valence-corrected chi connectivity index (χ1v) is 5.69. The molecule has 0 saturated heterocycles. The van der Waals surface area contributed by atoms with Gasteiger partial charge in [0.05, 0.1) is 14.2 Å². The van der Waals surface area contributed by atoms with E-state index in [1.807, 2.05) is 13.8 Å². The molecule has 5 nitrogen and oxygen atoms in total. The van der Waals surface area contributed by atoms with Gasteiger partial charge in [0.2, 0.25) is 0 Å². The van der Waals surface area contributed by atoms with Crippen molar-refractivity contribution < 1.29 is 19.1 Å². The van der Waals surface area contributed by atoms with Crippen LogP contribution in [0.1, 0.15) is 27.2 Å². The van der Waals surface area contributed by atoms with E-state index in [2.05, 4.69) is 21.7 Å².